The fourth-order valence-corrected chi connectivity index (χ4v) is 3.72. The molecular weight excluding hydrogens is 389 g/mol. The van der Waals surface area contributed by atoms with E-state index in [4.69, 9.17) is 37.1 Å². The molecule has 0 fully saturated rings. The third-order valence-corrected chi connectivity index (χ3v) is 4.85. The number of carbonyl (C=O) groups is 1. The van der Waals surface area contributed by atoms with Crippen molar-refractivity contribution in [3.05, 3.63) is 38.5 Å². The summed E-state index contributed by atoms with van der Waals surface area (Å²) in [6.45, 7) is 0.185. The molecule has 3 heterocycles. The molecule has 1 amide bonds. The fourth-order valence-electron chi connectivity index (χ4n) is 2.27. The Morgan fingerprint density at radius 3 is 2.84 bits per heavy atom. The lowest BCUT2D eigenvalue weighted by Gasteiger charge is -2.02. The number of amides is 1. The van der Waals surface area contributed by atoms with Crippen LogP contribution in [0.5, 0.6) is 11.5 Å². The number of hydrogen-bond donors (Lipinski definition) is 1. The van der Waals surface area contributed by atoms with Crippen LogP contribution in [-0.4, -0.2) is 22.9 Å². The van der Waals surface area contributed by atoms with E-state index >= 15 is 0 Å². The van der Waals surface area contributed by atoms with E-state index in [0.717, 1.165) is 5.56 Å². The standard InChI is InChI=1S/C15H9Cl2N3O4S/c16-11-5-8(13(17)25-11)14-19-20-15(24-14)18-12(21)4-7-1-2-9-10(3-7)23-6-22-9/h1-3,5H,4,6H2,(H,18,20,21). The highest BCUT2D eigenvalue weighted by atomic mass is 35.5. The first-order valence-corrected chi connectivity index (χ1v) is 8.63. The summed E-state index contributed by atoms with van der Waals surface area (Å²) in [5.41, 5.74) is 1.30. The molecule has 0 atom stereocenters. The van der Waals surface area contributed by atoms with Crippen molar-refractivity contribution in [1.29, 1.82) is 0 Å². The summed E-state index contributed by atoms with van der Waals surface area (Å²) in [4.78, 5) is 12.1. The van der Waals surface area contributed by atoms with Crippen LogP contribution in [-0.2, 0) is 11.2 Å². The fraction of sp³-hybridized carbons (Fsp3) is 0.133. The van der Waals surface area contributed by atoms with Crippen LogP contribution in [0.25, 0.3) is 11.5 Å². The number of halogens is 2. The van der Waals surface area contributed by atoms with E-state index in [2.05, 4.69) is 15.5 Å². The van der Waals surface area contributed by atoms with E-state index < -0.39 is 0 Å². The van der Waals surface area contributed by atoms with Gasteiger partial charge < -0.3 is 13.9 Å². The van der Waals surface area contributed by atoms with Crippen LogP contribution in [0.1, 0.15) is 5.56 Å². The second-order valence-electron chi connectivity index (χ2n) is 5.06. The molecule has 0 spiro atoms. The van der Waals surface area contributed by atoms with Crippen LogP contribution < -0.4 is 14.8 Å². The summed E-state index contributed by atoms with van der Waals surface area (Å²) in [5, 5.41) is 10.2. The average Bonchev–Trinajstić information content (AvgIpc) is 3.27. The van der Waals surface area contributed by atoms with Crippen LogP contribution in [0.3, 0.4) is 0 Å². The quantitative estimate of drug-likeness (QED) is 0.715. The highest BCUT2D eigenvalue weighted by Crippen LogP contribution is 2.38. The maximum atomic E-state index is 12.1. The molecule has 3 aromatic rings. The molecule has 0 radical (unpaired) electrons. The first kappa shape index (κ1) is 16.2. The van der Waals surface area contributed by atoms with Gasteiger partial charge in [0.05, 0.1) is 16.3 Å². The smallest absolute Gasteiger partial charge is 0.322 e. The summed E-state index contributed by atoms with van der Waals surface area (Å²) < 4.78 is 16.9. The van der Waals surface area contributed by atoms with E-state index in [1.165, 1.54) is 11.3 Å². The molecule has 0 bridgehead atoms. The monoisotopic (exact) mass is 397 g/mol. The maximum Gasteiger partial charge on any atom is 0.322 e. The molecule has 1 aliphatic heterocycles. The van der Waals surface area contributed by atoms with Gasteiger partial charge in [-0.2, -0.15) is 0 Å². The molecule has 128 valence electrons. The van der Waals surface area contributed by atoms with Crippen molar-refractivity contribution in [2.45, 2.75) is 6.42 Å². The maximum absolute atomic E-state index is 12.1. The minimum atomic E-state index is -0.302. The Hall–Kier alpha value is -2.29. The minimum Gasteiger partial charge on any atom is -0.454 e. The SMILES string of the molecule is O=C(Cc1ccc2c(c1)OCO2)Nc1nnc(-c2cc(Cl)sc2Cl)o1. The Morgan fingerprint density at radius 1 is 1.20 bits per heavy atom. The van der Waals surface area contributed by atoms with Gasteiger partial charge in [-0.15, -0.1) is 16.4 Å². The van der Waals surface area contributed by atoms with Crippen LogP contribution in [0.4, 0.5) is 6.01 Å². The zero-order valence-corrected chi connectivity index (χ0v) is 14.7. The molecule has 1 aromatic carbocycles. The number of nitrogens with one attached hydrogen (secondary N) is 1. The predicted molar refractivity (Wildman–Crippen MR) is 92.5 cm³/mol. The molecule has 0 saturated heterocycles. The number of anilines is 1. The third kappa shape index (κ3) is 3.41. The highest BCUT2D eigenvalue weighted by Gasteiger charge is 2.18. The van der Waals surface area contributed by atoms with Crippen molar-refractivity contribution in [3.63, 3.8) is 0 Å². The van der Waals surface area contributed by atoms with E-state index in [9.17, 15) is 4.79 Å². The molecule has 25 heavy (non-hydrogen) atoms. The van der Waals surface area contributed by atoms with Crippen molar-refractivity contribution in [2.24, 2.45) is 0 Å². The number of aromatic nitrogens is 2. The molecule has 7 nitrogen and oxygen atoms in total. The summed E-state index contributed by atoms with van der Waals surface area (Å²) in [7, 11) is 0. The number of ether oxygens (including phenoxy) is 2. The van der Waals surface area contributed by atoms with Crippen molar-refractivity contribution < 1.29 is 18.7 Å². The van der Waals surface area contributed by atoms with E-state index in [1.807, 2.05) is 0 Å². The molecule has 0 aliphatic carbocycles. The first-order valence-electron chi connectivity index (χ1n) is 7.05. The highest BCUT2D eigenvalue weighted by molar-refractivity contribution is 7.20. The first-order chi connectivity index (χ1) is 12.1. The van der Waals surface area contributed by atoms with Crippen LogP contribution in [0.2, 0.25) is 8.67 Å². The van der Waals surface area contributed by atoms with Crippen LogP contribution in [0, 0.1) is 0 Å². The van der Waals surface area contributed by atoms with Crippen molar-refractivity contribution in [2.75, 3.05) is 12.1 Å². The third-order valence-electron chi connectivity index (χ3n) is 3.36. The summed E-state index contributed by atoms with van der Waals surface area (Å²) >= 11 is 13.1. The van der Waals surface area contributed by atoms with Gasteiger partial charge >= 0.3 is 6.01 Å². The lowest BCUT2D eigenvalue weighted by atomic mass is 10.1. The molecule has 0 saturated carbocycles. The molecule has 0 unspecified atom stereocenters. The number of nitrogens with zero attached hydrogens (tertiary/aromatic N) is 2. The molecular formula is C15H9Cl2N3O4S. The molecule has 1 N–H and O–H groups in total. The van der Waals surface area contributed by atoms with Gasteiger partial charge in [0.25, 0.3) is 5.89 Å². The van der Waals surface area contributed by atoms with Crippen molar-refractivity contribution >= 4 is 46.5 Å². The van der Waals surface area contributed by atoms with Gasteiger partial charge in [0.15, 0.2) is 11.5 Å². The lowest BCUT2D eigenvalue weighted by molar-refractivity contribution is -0.115. The Bertz CT molecular complexity index is 956. The largest absolute Gasteiger partial charge is 0.454 e. The van der Waals surface area contributed by atoms with Crippen molar-refractivity contribution in [3.8, 4) is 23.0 Å². The van der Waals surface area contributed by atoms with Crippen LogP contribution >= 0.6 is 34.5 Å². The van der Waals surface area contributed by atoms with E-state index in [-0.39, 0.29) is 31.0 Å². The van der Waals surface area contributed by atoms with Gasteiger partial charge in [0, 0.05) is 0 Å². The zero-order chi connectivity index (χ0) is 17.4. The Morgan fingerprint density at radius 2 is 2.04 bits per heavy atom. The number of hydrogen-bond acceptors (Lipinski definition) is 7. The summed E-state index contributed by atoms with van der Waals surface area (Å²) in [6, 6.07) is 6.92. The Balaban J connectivity index is 1.44. The van der Waals surface area contributed by atoms with Gasteiger partial charge in [-0.25, -0.2) is 0 Å². The number of benzene rings is 1. The normalized spacial score (nSPS) is 12.4. The van der Waals surface area contributed by atoms with E-state index in [0.29, 0.717) is 25.7 Å². The lowest BCUT2D eigenvalue weighted by Crippen LogP contribution is -2.14. The topological polar surface area (TPSA) is 86.5 Å². The second kappa shape index (κ2) is 6.55. The predicted octanol–water partition coefficient (Wildman–Crippen LogP) is 4.01. The van der Waals surface area contributed by atoms with Crippen LogP contribution in [0.15, 0.2) is 28.7 Å². The van der Waals surface area contributed by atoms with Gasteiger partial charge in [0.1, 0.15) is 4.34 Å². The summed E-state index contributed by atoms with van der Waals surface area (Å²) in [5.74, 6) is 1.17. The Labute approximate surface area is 155 Å². The number of thiophene rings is 1. The minimum absolute atomic E-state index is 0.0147. The summed E-state index contributed by atoms with van der Waals surface area (Å²) in [6.07, 6.45) is 0.124. The number of rotatable bonds is 4. The van der Waals surface area contributed by atoms with Gasteiger partial charge in [-0.1, -0.05) is 34.4 Å². The zero-order valence-electron chi connectivity index (χ0n) is 12.4. The van der Waals surface area contributed by atoms with Gasteiger partial charge in [-0.3, -0.25) is 10.1 Å². The molecule has 2 aromatic heterocycles. The Kier molecular flexibility index (Phi) is 4.24. The van der Waals surface area contributed by atoms with Gasteiger partial charge in [-0.05, 0) is 23.8 Å². The number of fused-ring (bicyclic) bond motifs is 1. The average molecular weight is 398 g/mol. The number of carbonyl (C=O) groups excluding carboxylic acids is 1. The second-order valence-corrected chi connectivity index (χ2v) is 7.35. The van der Waals surface area contributed by atoms with Crippen molar-refractivity contribution in [1.82, 2.24) is 10.2 Å². The molecule has 4 rings (SSSR count). The molecule has 1 aliphatic rings. The molecule has 10 heteroatoms. The van der Waals surface area contributed by atoms with E-state index in [1.54, 1.807) is 24.3 Å². The van der Waals surface area contributed by atoms with Gasteiger partial charge in [0.2, 0.25) is 12.7 Å².